The summed E-state index contributed by atoms with van der Waals surface area (Å²) < 4.78 is 0. The number of fused-ring (bicyclic) bond motifs is 1. The van der Waals surface area contributed by atoms with Gasteiger partial charge in [0.2, 0.25) is 0 Å². The first-order valence-electron chi connectivity index (χ1n) is 5.25. The van der Waals surface area contributed by atoms with Gasteiger partial charge >= 0.3 is 0 Å². The highest BCUT2D eigenvalue weighted by molar-refractivity contribution is 6.42. The Balaban J connectivity index is 2.44. The van der Waals surface area contributed by atoms with Crippen LogP contribution in [0, 0.1) is 0 Å². The fourth-order valence-corrected chi connectivity index (χ4v) is 2.49. The molecule has 15 heavy (non-hydrogen) atoms. The minimum Gasteiger partial charge on any atom is -0.303 e. The monoisotopic (exact) mass is 243 g/mol. The second-order valence-electron chi connectivity index (χ2n) is 4.28. The Morgan fingerprint density at radius 1 is 1.33 bits per heavy atom. The third-order valence-corrected chi connectivity index (χ3v) is 4.12. The van der Waals surface area contributed by atoms with Gasteiger partial charge in [0.25, 0.3) is 0 Å². The van der Waals surface area contributed by atoms with E-state index in [0.29, 0.717) is 11.1 Å². The van der Waals surface area contributed by atoms with Crippen LogP contribution in [-0.2, 0) is 12.8 Å². The minimum absolute atomic E-state index is 0.530. The molecule has 1 aliphatic rings. The fourth-order valence-electron chi connectivity index (χ4n) is 2.06. The Labute approximate surface area is 101 Å². The second kappa shape index (κ2) is 4.32. The minimum atomic E-state index is 0.530. The summed E-state index contributed by atoms with van der Waals surface area (Å²) in [6.45, 7) is 3.32. The van der Waals surface area contributed by atoms with Crippen LogP contribution in [0.25, 0.3) is 0 Å². The van der Waals surface area contributed by atoms with E-state index in [4.69, 9.17) is 23.2 Å². The van der Waals surface area contributed by atoms with Gasteiger partial charge in [0.05, 0.1) is 10.0 Å². The molecular weight excluding hydrogens is 229 g/mol. The Hall–Kier alpha value is -0.240. The predicted molar refractivity (Wildman–Crippen MR) is 66.0 cm³/mol. The highest BCUT2D eigenvalue weighted by Gasteiger charge is 2.20. The molecule has 0 aliphatic carbocycles. The molecular formula is C12H15Cl2N. The van der Waals surface area contributed by atoms with Crippen molar-refractivity contribution in [2.75, 3.05) is 13.6 Å². The maximum absolute atomic E-state index is 6.25. The number of halogens is 2. The third kappa shape index (κ3) is 2.15. The molecule has 1 nitrogen and oxygen atoms in total. The molecule has 0 fully saturated rings. The quantitative estimate of drug-likeness (QED) is 0.676. The maximum atomic E-state index is 6.25. The Morgan fingerprint density at radius 2 is 2.07 bits per heavy atom. The summed E-state index contributed by atoms with van der Waals surface area (Å²) in [5, 5.41) is 1.42. The van der Waals surface area contributed by atoms with E-state index in [1.165, 1.54) is 11.1 Å². The number of hydrogen-bond donors (Lipinski definition) is 0. The van der Waals surface area contributed by atoms with Crippen molar-refractivity contribution in [3.05, 3.63) is 33.3 Å². The molecule has 0 radical (unpaired) electrons. The lowest BCUT2D eigenvalue weighted by Crippen LogP contribution is -2.30. The first-order valence-corrected chi connectivity index (χ1v) is 6.01. The molecule has 82 valence electrons. The van der Waals surface area contributed by atoms with Gasteiger partial charge in [-0.25, -0.2) is 0 Å². The van der Waals surface area contributed by atoms with Crippen molar-refractivity contribution in [3.8, 4) is 0 Å². The standard InChI is InChI=1S/C12H15Cl2N/c1-8-7-10-9(5-6-15(8)2)3-4-11(13)12(10)14/h3-4,8H,5-7H2,1-2H3/t8-/m0/s1. The molecule has 0 bridgehead atoms. The summed E-state index contributed by atoms with van der Waals surface area (Å²) in [7, 11) is 2.16. The molecule has 1 aromatic carbocycles. The first kappa shape index (κ1) is 11.3. The number of nitrogens with zero attached hydrogens (tertiary/aromatic N) is 1. The van der Waals surface area contributed by atoms with Crippen LogP contribution in [0.4, 0.5) is 0 Å². The smallest absolute Gasteiger partial charge is 0.0627 e. The van der Waals surface area contributed by atoms with Gasteiger partial charge < -0.3 is 4.90 Å². The number of likely N-dealkylation sites (N-methyl/N-ethyl adjacent to an activating group) is 1. The van der Waals surface area contributed by atoms with Gasteiger partial charge in [0.15, 0.2) is 0 Å². The van der Waals surface area contributed by atoms with Gasteiger partial charge in [-0.3, -0.25) is 0 Å². The molecule has 3 heteroatoms. The first-order chi connectivity index (χ1) is 7.09. The topological polar surface area (TPSA) is 3.24 Å². The van der Waals surface area contributed by atoms with Gasteiger partial charge in [-0.1, -0.05) is 29.3 Å². The molecule has 1 atom stereocenters. The van der Waals surface area contributed by atoms with Crippen molar-refractivity contribution in [2.24, 2.45) is 0 Å². The fraction of sp³-hybridized carbons (Fsp3) is 0.500. The third-order valence-electron chi connectivity index (χ3n) is 3.28. The van der Waals surface area contributed by atoms with E-state index in [1.807, 2.05) is 6.07 Å². The summed E-state index contributed by atoms with van der Waals surface area (Å²) in [5.41, 5.74) is 2.58. The van der Waals surface area contributed by atoms with E-state index in [2.05, 4.69) is 24.9 Å². The van der Waals surface area contributed by atoms with Gasteiger partial charge in [-0.05, 0) is 44.0 Å². The molecule has 0 N–H and O–H groups in total. The van der Waals surface area contributed by atoms with Crippen molar-refractivity contribution in [1.29, 1.82) is 0 Å². The largest absolute Gasteiger partial charge is 0.303 e. The van der Waals surface area contributed by atoms with Crippen LogP contribution < -0.4 is 0 Å². The van der Waals surface area contributed by atoms with E-state index in [0.717, 1.165) is 24.4 Å². The molecule has 0 spiro atoms. The molecule has 1 aromatic rings. The zero-order chi connectivity index (χ0) is 11.0. The highest BCUT2D eigenvalue weighted by atomic mass is 35.5. The van der Waals surface area contributed by atoms with Gasteiger partial charge in [-0.2, -0.15) is 0 Å². The van der Waals surface area contributed by atoms with Crippen LogP contribution in [0.5, 0.6) is 0 Å². The maximum Gasteiger partial charge on any atom is 0.0627 e. The van der Waals surface area contributed by atoms with Crippen molar-refractivity contribution < 1.29 is 0 Å². The van der Waals surface area contributed by atoms with E-state index >= 15 is 0 Å². The summed E-state index contributed by atoms with van der Waals surface area (Å²) in [5.74, 6) is 0. The summed E-state index contributed by atoms with van der Waals surface area (Å²) >= 11 is 12.3. The average molecular weight is 244 g/mol. The zero-order valence-electron chi connectivity index (χ0n) is 9.06. The molecule has 0 saturated heterocycles. The van der Waals surface area contributed by atoms with Gasteiger partial charge in [0.1, 0.15) is 0 Å². The molecule has 1 heterocycles. The molecule has 0 saturated carbocycles. The van der Waals surface area contributed by atoms with Crippen LogP contribution in [0.2, 0.25) is 10.0 Å². The van der Waals surface area contributed by atoms with E-state index in [1.54, 1.807) is 0 Å². The summed E-state index contributed by atoms with van der Waals surface area (Å²) in [6.07, 6.45) is 2.05. The lowest BCUT2D eigenvalue weighted by Gasteiger charge is -2.21. The number of benzene rings is 1. The molecule has 2 rings (SSSR count). The lowest BCUT2D eigenvalue weighted by molar-refractivity contribution is 0.268. The molecule has 1 aliphatic heterocycles. The Morgan fingerprint density at radius 3 is 2.80 bits per heavy atom. The van der Waals surface area contributed by atoms with Crippen molar-refractivity contribution >= 4 is 23.2 Å². The van der Waals surface area contributed by atoms with E-state index < -0.39 is 0 Å². The average Bonchev–Trinajstić information content (AvgIpc) is 2.35. The number of rotatable bonds is 0. The van der Waals surface area contributed by atoms with Gasteiger partial charge in [-0.15, -0.1) is 0 Å². The van der Waals surface area contributed by atoms with E-state index in [9.17, 15) is 0 Å². The van der Waals surface area contributed by atoms with Crippen LogP contribution in [0.1, 0.15) is 18.1 Å². The predicted octanol–water partition coefficient (Wildman–Crippen LogP) is 3.41. The van der Waals surface area contributed by atoms with Crippen molar-refractivity contribution in [3.63, 3.8) is 0 Å². The summed E-state index contributed by atoms with van der Waals surface area (Å²) in [4.78, 5) is 2.37. The van der Waals surface area contributed by atoms with Crippen LogP contribution in [0.3, 0.4) is 0 Å². The van der Waals surface area contributed by atoms with Crippen molar-refractivity contribution in [2.45, 2.75) is 25.8 Å². The van der Waals surface area contributed by atoms with Gasteiger partial charge in [0, 0.05) is 12.6 Å². The second-order valence-corrected chi connectivity index (χ2v) is 5.07. The molecule has 0 amide bonds. The summed E-state index contributed by atoms with van der Waals surface area (Å²) in [6, 6.07) is 4.54. The molecule has 0 aromatic heterocycles. The normalized spacial score (nSPS) is 22.3. The van der Waals surface area contributed by atoms with Crippen LogP contribution in [0.15, 0.2) is 12.1 Å². The number of hydrogen-bond acceptors (Lipinski definition) is 1. The van der Waals surface area contributed by atoms with E-state index in [-0.39, 0.29) is 0 Å². The lowest BCUT2D eigenvalue weighted by atomic mass is 10.0. The zero-order valence-corrected chi connectivity index (χ0v) is 10.6. The van der Waals surface area contributed by atoms with Crippen molar-refractivity contribution in [1.82, 2.24) is 4.90 Å². The van der Waals surface area contributed by atoms with Crippen LogP contribution in [-0.4, -0.2) is 24.5 Å². The Bertz CT molecular complexity index is 376. The van der Waals surface area contributed by atoms with Crippen LogP contribution >= 0.6 is 23.2 Å². The Kier molecular flexibility index (Phi) is 3.24. The molecule has 0 unspecified atom stereocenters. The SMILES string of the molecule is C[C@H]1Cc2c(ccc(Cl)c2Cl)CCN1C. The highest BCUT2D eigenvalue weighted by Crippen LogP contribution is 2.31.